The van der Waals surface area contributed by atoms with Crippen LogP contribution in [0.5, 0.6) is 0 Å². The first-order valence-corrected chi connectivity index (χ1v) is 9.26. The van der Waals surface area contributed by atoms with Crippen LogP contribution in [0.4, 0.5) is 5.69 Å². The molecule has 1 aliphatic rings. The van der Waals surface area contributed by atoms with Gasteiger partial charge in [-0.2, -0.15) is 4.31 Å². The molecule has 124 valence electrons. The summed E-state index contributed by atoms with van der Waals surface area (Å²) in [7, 11) is -3.22. The predicted molar refractivity (Wildman–Crippen MR) is 87.6 cm³/mol. The molecule has 1 fully saturated rings. The molecule has 1 aliphatic heterocycles. The normalized spacial score (nSPS) is 17.2. The van der Waals surface area contributed by atoms with Gasteiger partial charge in [0.2, 0.25) is 10.0 Å². The van der Waals surface area contributed by atoms with Gasteiger partial charge in [0.05, 0.1) is 18.5 Å². The predicted octanol–water partition coefficient (Wildman–Crippen LogP) is 1.27. The van der Waals surface area contributed by atoms with Gasteiger partial charge in [-0.05, 0) is 32.9 Å². The molecule has 0 spiro atoms. The minimum Gasteiger partial charge on any atom is -0.378 e. The Balaban J connectivity index is 1.88. The smallest absolute Gasteiger partial charge is 0.216 e. The number of aromatic nitrogens is 1. The van der Waals surface area contributed by atoms with Crippen molar-refractivity contribution in [3.8, 4) is 0 Å². The molecule has 0 saturated carbocycles. The van der Waals surface area contributed by atoms with Gasteiger partial charge >= 0.3 is 0 Å². The number of anilines is 1. The Bertz CT molecular complexity index is 581. The molecule has 0 atom stereocenters. The number of ether oxygens (including phenoxy) is 1. The fourth-order valence-corrected chi connectivity index (χ4v) is 3.75. The quantitative estimate of drug-likeness (QED) is 0.787. The van der Waals surface area contributed by atoms with Gasteiger partial charge in [-0.15, -0.1) is 0 Å². The molecule has 1 saturated heterocycles. The van der Waals surface area contributed by atoms with Gasteiger partial charge in [-0.1, -0.05) is 0 Å². The third-order valence-electron chi connectivity index (χ3n) is 3.67. The van der Waals surface area contributed by atoms with Crippen molar-refractivity contribution in [1.82, 2.24) is 9.29 Å². The Kier molecular flexibility index (Phi) is 5.77. The number of aryl methyl sites for hydroxylation is 1. The molecule has 0 bridgehead atoms. The molecular weight excluding hydrogens is 302 g/mol. The number of piperazine rings is 1. The molecule has 7 heteroatoms. The third kappa shape index (κ3) is 4.66. The van der Waals surface area contributed by atoms with Gasteiger partial charge in [-0.3, -0.25) is 4.98 Å². The number of nitrogens with zero attached hydrogens (tertiary/aromatic N) is 3. The SMILES string of the molecule is Cc1cc(N2CCN(S(=O)(=O)CCOC(C)C)CC2)ccn1. The van der Waals surface area contributed by atoms with Crippen LogP contribution in [-0.4, -0.2) is 62.3 Å². The molecule has 0 N–H and O–H groups in total. The highest BCUT2D eigenvalue weighted by molar-refractivity contribution is 7.89. The highest BCUT2D eigenvalue weighted by Gasteiger charge is 2.26. The van der Waals surface area contributed by atoms with Crippen LogP contribution in [0.25, 0.3) is 0 Å². The first kappa shape index (κ1) is 17.2. The molecule has 1 aromatic rings. The zero-order valence-corrected chi connectivity index (χ0v) is 14.3. The van der Waals surface area contributed by atoms with Gasteiger partial charge in [0, 0.05) is 43.8 Å². The highest BCUT2D eigenvalue weighted by atomic mass is 32.2. The standard InChI is InChI=1S/C15H25N3O3S/c1-13(2)21-10-11-22(19,20)18-8-6-17(7-9-18)15-4-5-16-14(3)12-15/h4-5,12-13H,6-11H2,1-3H3. The largest absolute Gasteiger partial charge is 0.378 e. The van der Waals surface area contributed by atoms with E-state index >= 15 is 0 Å². The Morgan fingerprint density at radius 2 is 1.95 bits per heavy atom. The Morgan fingerprint density at radius 1 is 1.27 bits per heavy atom. The van der Waals surface area contributed by atoms with Crippen molar-refractivity contribution in [3.05, 3.63) is 24.0 Å². The average molecular weight is 327 g/mol. The first-order chi connectivity index (χ1) is 10.4. The first-order valence-electron chi connectivity index (χ1n) is 7.65. The fourth-order valence-electron chi connectivity index (χ4n) is 2.47. The van der Waals surface area contributed by atoms with Crippen molar-refractivity contribution < 1.29 is 13.2 Å². The van der Waals surface area contributed by atoms with E-state index in [9.17, 15) is 8.42 Å². The topological polar surface area (TPSA) is 62.7 Å². The van der Waals surface area contributed by atoms with E-state index in [2.05, 4.69) is 9.88 Å². The lowest BCUT2D eigenvalue weighted by molar-refractivity contribution is 0.0906. The second-order valence-electron chi connectivity index (χ2n) is 5.78. The molecule has 0 unspecified atom stereocenters. The molecule has 2 rings (SSSR count). The molecular formula is C15H25N3O3S. The van der Waals surface area contributed by atoms with E-state index < -0.39 is 10.0 Å². The van der Waals surface area contributed by atoms with Crippen LogP contribution in [0.15, 0.2) is 18.3 Å². The number of hydrogen-bond donors (Lipinski definition) is 0. The van der Waals surface area contributed by atoms with Crippen molar-refractivity contribution >= 4 is 15.7 Å². The summed E-state index contributed by atoms with van der Waals surface area (Å²) in [4.78, 5) is 6.39. The minimum atomic E-state index is -3.22. The summed E-state index contributed by atoms with van der Waals surface area (Å²) in [5.74, 6) is 0.0551. The summed E-state index contributed by atoms with van der Waals surface area (Å²) < 4.78 is 31.5. The highest BCUT2D eigenvalue weighted by Crippen LogP contribution is 2.18. The monoisotopic (exact) mass is 327 g/mol. The summed E-state index contributed by atoms with van der Waals surface area (Å²) >= 11 is 0. The lowest BCUT2D eigenvalue weighted by atomic mass is 10.2. The van der Waals surface area contributed by atoms with Crippen molar-refractivity contribution in [2.75, 3.05) is 43.4 Å². The summed E-state index contributed by atoms with van der Waals surface area (Å²) in [5.41, 5.74) is 2.08. The van der Waals surface area contributed by atoms with Gasteiger partial charge in [0.25, 0.3) is 0 Å². The second kappa shape index (κ2) is 7.39. The maximum Gasteiger partial charge on any atom is 0.216 e. The average Bonchev–Trinajstić information content (AvgIpc) is 2.47. The number of hydrogen-bond acceptors (Lipinski definition) is 5. The maximum atomic E-state index is 12.3. The van der Waals surface area contributed by atoms with Gasteiger partial charge in [-0.25, -0.2) is 8.42 Å². The molecule has 2 heterocycles. The zero-order valence-electron chi connectivity index (χ0n) is 13.5. The van der Waals surface area contributed by atoms with Crippen LogP contribution in [0.1, 0.15) is 19.5 Å². The van der Waals surface area contributed by atoms with E-state index in [0.717, 1.165) is 11.4 Å². The summed E-state index contributed by atoms with van der Waals surface area (Å²) in [5, 5.41) is 0. The molecule has 0 aromatic carbocycles. The Hall–Kier alpha value is -1.18. The lowest BCUT2D eigenvalue weighted by Gasteiger charge is -2.35. The third-order valence-corrected chi connectivity index (χ3v) is 5.50. The van der Waals surface area contributed by atoms with Gasteiger partial charge in [0.1, 0.15) is 0 Å². The van der Waals surface area contributed by atoms with E-state index in [1.165, 1.54) is 0 Å². The summed E-state index contributed by atoms with van der Waals surface area (Å²) in [6.07, 6.45) is 1.85. The van der Waals surface area contributed by atoms with Crippen molar-refractivity contribution in [3.63, 3.8) is 0 Å². The van der Waals surface area contributed by atoms with Gasteiger partial charge < -0.3 is 9.64 Å². The van der Waals surface area contributed by atoms with Crippen molar-refractivity contribution in [2.45, 2.75) is 26.9 Å². The van der Waals surface area contributed by atoms with Crippen LogP contribution < -0.4 is 4.90 Å². The maximum absolute atomic E-state index is 12.3. The van der Waals surface area contributed by atoms with Crippen LogP contribution in [0.2, 0.25) is 0 Å². The summed E-state index contributed by atoms with van der Waals surface area (Å²) in [6.45, 7) is 8.46. The van der Waals surface area contributed by atoms with E-state index in [1.54, 1.807) is 10.5 Å². The van der Waals surface area contributed by atoms with Crippen molar-refractivity contribution in [2.24, 2.45) is 0 Å². The van der Waals surface area contributed by atoms with Gasteiger partial charge in [0.15, 0.2) is 0 Å². The Morgan fingerprint density at radius 3 is 2.55 bits per heavy atom. The molecule has 22 heavy (non-hydrogen) atoms. The summed E-state index contributed by atoms with van der Waals surface area (Å²) in [6, 6.07) is 3.99. The molecule has 0 radical (unpaired) electrons. The van der Waals surface area contributed by atoms with E-state index in [1.807, 2.05) is 32.9 Å². The molecule has 6 nitrogen and oxygen atoms in total. The Labute approximate surface area is 133 Å². The minimum absolute atomic E-state index is 0.0551. The lowest BCUT2D eigenvalue weighted by Crippen LogP contribution is -2.49. The molecule has 0 amide bonds. The van der Waals surface area contributed by atoms with Crippen molar-refractivity contribution in [1.29, 1.82) is 0 Å². The number of sulfonamides is 1. The number of rotatable bonds is 6. The zero-order chi connectivity index (χ0) is 16.2. The van der Waals surface area contributed by atoms with Crippen LogP contribution >= 0.6 is 0 Å². The molecule has 1 aromatic heterocycles. The fraction of sp³-hybridized carbons (Fsp3) is 0.667. The van der Waals surface area contributed by atoms with E-state index in [4.69, 9.17) is 4.74 Å². The van der Waals surface area contributed by atoms with Crippen LogP contribution in [0.3, 0.4) is 0 Å². The molecule has 0 aliphatic carbocycles. The number of pyridine rings is 1. The second-order valence-corrected chi connectivity index (χ2v) is 7.87. The van der Waals surface area contributed by atoms with E-state index in [-0.39, 0.29) is 18.5 Å². The van der Waals surface area contributed by atoms with E-state index in [0.29, 0.717) is 26.2 Å². The van der Waals surface area contributed by atoms with Crippen LogP contribution in [-0.2, 0) is 14.8 Å². The van der Waals surface area contributed by atoms with Crippen LogP contribution in [0, 0.1) is 6.92 Å².